The molecule has 0 heterocycles. The second-order valence-electron chi connectivity index (χ2n) is 4.94. The van der Waals surface area contributed by atoms with Gasteiger partial charge in [-0.3, -0.25) is 0 Å². The Balaban J connectivity index is 2.27. The van der Waals surface area contributed by atoms with E-state index in [1.165, 1.54) is 12.0 Å². The van der Waals surface area contributed by atoms with Gasteiger partial charge in [0, 0.05) is 17.0 Å². The van der Waals surface area contributed by atoms with E-state index in [0.717, 1.165) is 18.0 Å². The van der Waals surface area contributed by atoms with Crippen molar-refractivity contribution in [1.82, 2.24) is 5.32 Å². The molecule has 3 heteroatoms. The molecule has 1 saturated carbocycles. The summed E-state index contributed by atoms with van der Waals surface area (Å²) < 4.78 is 10.7. The molecule has 1 fully saturated rings. The second-order valence-corrected chi connectivity index (χ2v) is 4.94. The normalized spacial score (nSPS) is 26.7. The van der Waals surface area contributed by atoms with Crippen LogP contribution in [-0.2, 0) is 5.41 Å². The highest BCUT2D eigenvalue weighted by atomic mass is 16.5. The van der Waals surface area contributed by atoms with E-state index in [9.17, 15) is 0 Å². The van der Waals surface area contributed by atoms with Crippen LogP contribution >= 0.6 is 0 Å². The van der Waals surface area contributed by atoms with Gasteiger partial charge >= 0.3 is 0 Å². The van der Waals surface area contributed by atoms with Gasteiger partial charge in [0.1, 0.15) is 11.5 Å². The Bertz CT molecular complexity index is 405. The third-order valence-electron chi connectivity index (χ3n) is 3.89. The lowest BCUT2D eigenvalue weighted by molar-refractivity contribution is 0.387. The maximum absolute atomic E-state index is 5.48. The molecule has 0 aliphatic heterocycles. The van der Waals surface area contributed by atoms with Gasteiger partial charge in [0.15, 0.2) is 0 Å². The van der Waals surface area contributed by atoms with Crippen molar-refractivity contribution in [1.29, 1.82) is 0 Å². The van der Waals surface area contributed by atoms with Gasteiger partial charge in [-0.25, -0.2) is 0 Å². The molecule has 0 bridgehead atoms. The highest BCUT2D eigenvalue weighted by Crippen LogP contribution is 2.56. The maximum Gasteiger partial charge on any atom is 0.126 e. The Hall–Kier alpha value is -1.22. The average Bonchev–Trinajstić information content (AvgIpc) is 3.01. The molecule has 1 aromatic carbocycles. The third kappa shape index (κ3) is 2.12. The summed E-state index contributed by atoms with van der Waals surface area (Å²) in [5.74, 6) is 2.49. The summed E-state index contributed by atoms with van der Waals surface area (Å²) in [6, 6.07) is 6.11. The first-order valence-corrected chi connectivity index (χ1v) is 6.03. The summed E-state index contributed by atoms with van der Waals surface area (Å²) in [7, 11) is 5.40. The van der Waals surface area contributed by atoms with Gasteiger partial charge < -0.3 is 14.8 Å². The smallest absolute Gasteiger partial charge is 0.126 e. The van der Waals surface area contributed by atoms with Crippen molar-refractivity contribution in [3.63, 3.8) is 0 Å². The van der Waals surface area contributed by atoms with Crippen LogP contribution in [0.15, 0.2) is 18.2 Å². The fraction of sp³-hybridized carbons (Fsp3) is 0.571. The van der Waals surface area contributed by atoms with Crippen LogP contribution in [0.3, 0.4) is 0 Å². The molecule has 0 aromatic heterocycles. The van der Waals surface area contributed by atoms with Gasteiger partial charge in [0.25, 0.3) is 0 Å². The molecule has 2 atom stereocenters. The van der Waals surface area contributed by atoms with Crippen molar-refractivity contribution in [3.05, 3.63) is 23.8 Å². The number of hydrogen-bond acceptors (Lipinski definition) is 3. The largest absolute Gasteiger partial charge is 0.497 e. The minimum Gasteiger partial charge on any atom is -0.497 e. The van der Waals surface area contributed by atoms with Crippen molar-refractivity contribution in [3.8, 4) is 11.5 Å². The summed E-state index contributed by atoms with van der Waals surface area (Å²) in [4.78, 5) is 0. The van der Waals surface area contributed by atoms with Crippen molar-refractivity contribution in [2.45, 2.75) is 18.8 Å². The van der Waals surface area contributed by atoms with Crippen molar-refractivity contribution in [2.24, 2.45) is 5.92 Å². The van der Waals surface area contributed by atoms with Crippen molar-refractivity contribution >= 4 is 0 Å². The Morgan fingerprint density at radius 3 is 2.71 bits per heavy atom. The summed E-state index contributed by atoms with van der Waals surface area (Å²) in [6.07, 6.45) is 1.22. The van der Waals surface area contributed by atoms with E-state index in [0.29, 0.717) is 5.92 Å². The zero-order chi connectivity index (χ0) is 12.5. The summed E-state index contributed by atoms with van der Waals surface area (Å²) in [5, 5.41) is 3.25. The molecule has 17 heavy (non-hydrogen) atoms. The molecule has 0 radical (unpaired) electrons. The standard InChI is InChI=1S/C14H21NO2/c1-14(8-10(14)9-15-2)12-6-5-11(16-3)7-13(12)17-4/h5-7,10,15H,8-9H2,1-4H3. The zero-order valence-corrected chi connectivity index (χ0v) is 11.0. The lowest BCUT2D eigenvalue weighted by atomic mass is 9.94. The monoisotopic (exact) mass is 235 g/mol. The van der Waals surface area contributed by atoms with Crippen LogP contribution in [0.25, 0.3) is 0 Å². The quantitative estimate of drug-likeness (QED) is 0.848. The van der Waals surface area contributed by atoms with Crippen LogP contribution in [0.5, 0.6) is 11.5 Å². The average molecular weight is 235 g/mol. The van der Waals surface area contributed by atoms with Crippen molar-refractivity contribution < 1.29 is 9.47 Å². The van der Waals surface area contributed by atoms with Gasteiger partial charge in [0.05, 0.1) is 14.2 Å². The van der Waals surface area contributed by atoms with E-state index in [1.807, 2.05) is 19.2 Å². The Labute approximate surface area is 103 Å². The molecule has 2 unspecified atom stereocenters. The molecular formula is C14H21NO2. The Morgan fingerprint density at radius 1 is 1.35 bits per heavy atom. The minimum atomic E-state index is 0.251. The Morgan fingerprint density at radius 2 is 2.12 bits per heavy atom. The predicted octanol–water partition coefficient (Wildman–Crippen LogP) is 2.20. The molecule has 0 amide bonds. The van der Waals surface area contributed by atoms with E-state index in [4.69, 9.17) is 9.47 Å². The highest BCUT2D eigenvalue weighted by molar-refractivity contribution is 5.48. The highest BCUT2D eigenvalue weighted by Gasteiger charge is 2.51. The van der Waals surface area contributed by atoms with E-state index in [1.54, 1.807) is 14.2 Å². The molecule has 94 valence electrons. The first-order chi connectivity index (χ1) is 8.15. The third-order valence-corrected chi connectivity index (χ3v) is 3.89. The molecule has 0 spiro atoms. The molecule has 1 aromatic rings. The number of rotatable bonds is 5. The lowest BCUT2D eigenvalue weighted by Gasteiger charge is -2.17. The van der Waals surface area contributed by atoms with Gasteiger partial charge in [-0.15, -0.1) is 0 Å². The van der Waals surface area contributed by atoms with E-state index in [-0.39, 0.29) is 5.41 Å². The van der Waals surface area contributed by atoms with Crippen LogP contribution < -0.4 is 14.8 Å². The first kappa shape index (κ1) is 12.2. The van der Waals surface area contributed by atoms with E-state index < -0.39 is 0 Å². The molecule has 1 aliphatic carbocycles. The van der Waals surface area contributed by atoms with Crippen LogP contribution in [0.1, 0.15) is 18.9 Å². The second kappa shape index (κ2) is 4.57. The van der Waals surface area contributed by atoms with Gasteiger partial charge in [0.2, 0.25) is 0 Å². The number of methoxy groups -OCH3 is 2. The number of benzene rings is 1. The molecular weight excluding hydrogens is 214 g/mol. The fourth-order valence-electron chi connectivity index (χ4n) is 2.60. The lowest BCUT2D eigenvalue weighted by Crippen LogP contribution is -2.16. The maximum atomic E-state index is 5.48. The summed E-state index contributed by atoms with van der Waals surface area (Å²) in [6.45, 7) is 3.37. The van der Waals surface area contributed by atoms with Crippen molar-refractivity contribution in [2.75, 3.05) is 27.8 Å². The van der Waals surface area contributed by atoms with Crippen LogP contribution in [-0.4, -0.2) is 27.8 Å². The van der Waals surface area contributed by atoms with Gasteiger partial charge in [-0.1, -0.05) is 13.0 Å². The van der Waals surface area contributed by atoms with Crippen LogP contribution in [0.4, 0.5) is 0 Å². The summed E-state index contributed by atoms with van der Waals surface area (Å²) in [5.41, 5.74) is 1.54. The SMILES string of the molecule is CNCC1CC1(C)c1ccc(OC)cc1OC. The Kier molecular flexibility index (Phi) is 3.29. The topological polar surface area (TPSA) is 30.5 Å². The predicted molar refractivity (Wildman–Crippen MR) is 68.9 cm³/mol. The van der Waals surface area contributed by atoms with E-state index >= 15 is 0 Å². The molecule has 2 rings (SSSR count). The van der Waals surface area contributed by atoms with Gasteiger partial charge in [-0.2, -0.15) is 0 Å². The number of nitrogens with one attached hydrogen (secondary N) is 1. The molecule has 1 N–H and O–H groups in total. The van der Waals surface area contributed by atoms with E-state index in [2.05, 4.69) is 18.3 Å². The number of ether oxygens (including phenoxy) is 2. The van der Waals surface area contributed by atoms with Crippen LogP contribution in [0.2, 0.25) is 0 Å². The molecule has 3 nitrogen and oxygen atoms in total. The first-order valence-electron chi connectivity index (χ1n) is 6.03. The molecule has 1 aliphatic rings. The van der Waals surface area contributed by atoms with Gasteiger partial charge in [-0.05, 0) is 32.0 Å². The molecule has 0 saturated heterocycles. The summed E-state index contributed by atoms with van der Waals surface area (Å²) >= 11 is 0. The zero-order valence-electron chi connectivity index (χ0n) is 11.0. The minimum absolute atomic E-state index is 0.251. The van der Waals surface area contributed by atoms with Crippen LogP contribution in [0, 0.1) is 5.92 Å². The fourth-order valence-corrected chi connectivity index (χ4v) is 2.60. The number of hydrogen-bond donors (Lipinski definition) is 1.